The van der Waals surface area contributed by atoms with Gasteiger partial charge >= 0.3 is 6.09 Å². The smallest absolute Gasteiger partial charge is 0.410 e. The van der Waals surface area contributed by atoms with Gasteiger partial charge in [-0.15, -0.1) is 17.8 Å². The van der Waals surface area contributed by atoms with E-state index in [1.165, 1.54) is 11.3 Å². The maximum atomic E-state index is 12.7. The standard InChI is InChI=1S/C21H21N5O3S/c1-3-12-29-21(28)26-10-8-14(9-11-26)19-22-16(13-30-19)18(27)24-20-23-15-6-4-5-7-17(15)25(20)2/h1,4-7,13-14H,8-12H2,2H3,(H,23,24,27). The lowest BCUT2D eigenvalue weighted by molar-refractivity contribution is 0.102. The number of carbonyl (C=O) groups is 2. The van der Waals surface area contributed by atoms with Gasteiger partial charge in [-0.3, -0.25) is 10.1 Å². The number of thiazole rings is 1. The van der Waals surface area contributed by atoms with Crippen molar-refractivity contribution in [3.63, 3.8) is 0 Å². The zero-order valence-corrected chi connectivity index (χ0v) is 17.3. The van der Waals surface area contributed by atoms with Gasteiger partial charge in [0.1, 0.15) is 5.69 Å². The Labute approximate surface area is 177 Å². The number of fused-ring (bicyclic) bond motifs is 1. The molecule has 3 aromatic rings. The highest BCUT2D eigenvalue weighted by molar-refractivity contribution is 7.10. The van der Waals surface area contributed by atoms with Gasteiger partial charge in [-0.1, -0.05) is 18.1 Å². The third-order valence-electron chi connectivity index (χ3n) is 5.15. The minimum Gasteiger partial charge on any atom is -0.436 e. The van der Waals surface area contributed by atoms with Crippen LogP contribution in [0.4, 0.5) is 10.7 Å². The molecule has 0 aliphatic carbocycles. The zero-order valence-electron chi connectivity index (χ0n) is 16.5. The van der Waals surface area contributed by atoms with Gasteiger partial charge in [0.2, 0.25) is 5.95 Å². The second-order valence-electron chi connectivity index (χ2n) is 7.03. The largest absolute Gasteiger partial charge is 0.436 e. The number of nitrogens with zero attached hydrogens (tertiary/aromatic N) is 4. The number of amides is 2. The van der Waals surface area contributed by atoms with E-state index in [1.807, 2.05) is 35.9 Å². The predicted octanol–water partition coefficient (Wildman–Crippen LogP) is 3.23. The summed E-state index contributed by atoms with van der Waals surface area (Å²) in [6, 6.07) is 7.70. The minimum atomic E-state index is -0.381. The van der Waals surface area contributed by atoms with E-state index in [9.17, 15) is 9.59 Å². The molecule has 1 saturated heterocycles. The second-order valence-corrected chi connectivity index (χ2v) is 7.92. The van der Waals surface area contributed by atoms with Crippen molar-refractivity contribution in [3.8, 4) is 12.3 Å². The fraction of sp³-hybridized carbons (Fsp3) is 0.333. The van der Waals surface area contributed by atoms with Crippen molar-refractivity contribution in [1.29, 1.82) is 0 Å². The molecule has 0 unspecified atom stereocenters. The number of anilines is 1. The van der Waals surface area contributed by atoms with Crippen molar-refractivity contribution in [2.45, 2.75) is 18.8 Å². The molecule has 4 rings (SSSR count). The molecule has 154 valence electrons. The lowest BCUT2D eigenvalue weighted by atomic mass is 9.98. The fourth-order valence-electron chi connectivity index (χ4n) is 3.51. The van der Waals surface area contributed by atoms with E-state index < -0.39 is 0 Å². The van der Waals surface area contributed by atoms with Crippen molar-refractivity contribution in [2.24, 2.45) is 7.05 Å². The van der Waals surface area contributed by atoms with E-state index in [4.69, 9.17) is 11.2 Å². The molecule has 0 radical (unpaired) electrons. The van der Waals surface area contributed by atoms with Gasteiger partial charge in [0.15, 0.2) is 6.61 Å². The Hall–Kier alpha value is -3.38. The van der Waals surface area contributed by atoms with Gasteiger partial charge in [-0.05, 0) is 25.0 Å². The molecule has 2 amide bonds. The molecule has 0 saturated carbocycles. The quantitative estimate of drug-likeness (QED) is 0.651. The molecule has 30 heavy (non-hydrogen) atoms. The molecule has 9 heteroatoms. The number of aromatic nitrogens is 3. The molecule has 0 spiro atoms. The highest BCUT2D eigenvalue weighted by atomic mass is 32.1. The number of likely N-dealkylation sites (tertiary alicyclic amines) is 1. The summed E-state index contributed by atoms with van der Waals surface area (Å²) in [7, 11) is 1.86. The van der Waals surface area contributed by atoms with E-state index in [-0.39, 0.29) is 24.5 Å². The number of benzene rings is 1. The number of nitrogens with one attached hydrogen (secondary N) is 1. The van der Waals surface area contributed by atoms with E-state index in [1.54, 1.807) is 10.3 Å². The average Bonchev–Trinajstić information content (AvgIpc) is 3.38. The number of terminal acetylenes is 1. The zero-order chi connectivity index (χ0) is 21.1. The van der Waals surface area contributed by atoms with Crippen LogP contribution in [0.15, 0.2) is 29.6 Å². The normalized spacial score (nSPS) is 14.5. The summed E-state index contributed by atoms with van der Waals surface area (Å²) in [5, 5.41) is 5.51. The van der Waals surface area contributed by atoms with Crippen LogP contribution in [0.5, 0.6) is 0 Å². The van der Waals surface area contributed by atoms with E-state index in [0.29, 0.717) is 24.7 Å². The lowest BCUT2D eigenvalue weighted by Crippen LogP contribution is -2.38. The Morgan fingerprint density at radius 2 is 2.07 bits per heavy atom. The lowest BCUT2D eigenvalue weighted by Gasteiger charge is -2.30. The van der Waals surface area contributed by atoms with Gasteiger partial charge in [-0.25, -0.2) is 14.8 Å². The topological polar surface area (TPSA) is 89.3 Å². The Kier molecular flexibility index (Phi) is 5.68. The van der Waals surface area contributed by atoms with Crippen LogP contribution < -0.4 is 5.32 Å². The molecule has 8 nitrogen and oxygen atoms in total. The van der Waals surface area contributed by atoms with Crippen LogP contribution in [0.1, 0.15) is 34.3 Å². The van der Waals surface area contributed by atoms with Gasteiger partial charge < -0.3 is 14.2 Å². The first kappa shape index (κ1) is 19.9. The summed E-state index contributed by atoms with van der Waals surface area (Å²) in [6.07, 6.45) is 6.27. The van der Waals surface area contributed by atoms with Crippen LogP contribution in [-0.4, -0.2) is 51.1 Å². The molecule has 2 aromatic heterocycles. The summed E-state index contributed by atoms with van der Waals surface area (Å²) in [6.45, 7) is 1.14. The Morgan fingerprint density at radius 3 is 2.80 bits per heavy atom. The summed E-state index contributed by atoms with van der Waals surface area (Å²) in [5.74, 6) is 2.70. The molecule has 0 atom stereocenters. The molecular weight excluding hydrogens is 402 g/mol. The highest BCUT2D eigenvalue weighted by Gasteiger charge is 2.27. The van der Waals surface area contributed by atoms with Gasteiger partial charge in [0.25, 0.3) is 5.91 Å². The first-order chi connectivity index (χ1) is 14.6. The summed E-state index contributed by atoms with van der Waals surface area (Å²) in [4.78, 5) is 35.2. The summed E-state index contributed by atoms with van der Waals surface area (Å²) < 4.78 is 6.81. The van der Waals surface area contributed by atoms with Crippen molar-refractivity contribution in [2.75, 3.05) is 25.0 Å². The van der Waals surface area contributed by atoms with Crippen molar-refractivity contribution >= 4 is 40.3 Å². The van der Waals surface area contributed by atoms with Crippen LogP contribution >= 0.6 is 11.3 Å². The van der Waals surface area contributed by atoms with Gasteiger partial charge in [-0.2, -0.15) is 0 Å². The Balaban J connectivity index is 1.38. The number of imidazole rings is 1. The van der Waals surface area contributed by atoms with E-state index in [0.717, 1.165) is 28.9 Å². The Morgan fingerprint density at radius 1 is 1.30 bits per heavy atom. The molecule has 1 N–H and O–H groups in total. The van der Waals surface area contributed by atoms with Crippen molar-refractivity contribution in [3.05, 3.63) is 40.3 Å². The predicted molar refractivity (Wildman–Crippen MR) is 115 cm³/mol. The molecule has 3 heterocycles. The van der Waals surface area contributed by atoms with Crippen molar-refractivity contribution in [1.82, 2.24) is 19.4 Å². The van der Waals surface area contributed by atoms with Crippen LogP contribution in [0, 0.1) is 12.3 Å². The Bertz CT molecular complexity index is 1120. The van der Waals surface area contributed by atoms with Crippen LogP contribution in [0.2, 0.25) is 0 Å². The van der Waals surface area contributed by atoms with Crippen LogP contribution in [0.3, 0.4) is 0 Å². The fourth-order valence-corrected chi connectivity index (χ4v) is 4.48. The number of para-hydroxylation sites is 2. The number of hydrogen-bond acceptors (Lipinski definition) is 6. The third kappa shape index (κ3) is 4.00. The van der Waals surface area contributed by atoms with Gasteiger partial charge in [0, 0.05) is 31.4 Å². The SMILES string of the molecule is C#CCOC(=O)N1CCC(c2nc(C(=O)Nc3nc4ccccc4n3C)cs2)CC1. The molecule has 1 aromatic carbocycles. The van der Waals surface area contributed by atoms with Crippen LogP contribution in [0.25, 0.3) is 11.0 Å². The number of ether oxygens (including phenoxy) is 1. The maximum absolute atomic E-state index is 12.7. The summed E-state index contributed by atoms with van der Waals surface area (Å²) >= 11 is 1.47. The third-order valence-corrected chi connectivity index (χ3v) is 6.16. The molecule has 1 aliphatic heterocycles. The number of piperidine rings is 1. The highest BCUT2D eigenvalue weighted by Crippen LogP contribution is 2.30. The number of aryl methyl sites for hydroxylation is 1. The first-order valence-electron chi connectivity index (χ1n) is 9.60. The van der Waals surface area contributed by atoms with E-state index in [2.05, 4.69) is 21.2 Å². The summed E-state index contributed by atoms with van der Waals surface area (Å²) in [5.41, 5.74) is 2.14. The number of hydrogen-bond donors (Lipinski definition) is 1. The second kappa shape index (κ2) is 8.55. The maximum Gasteiger partial charge on any atom is 0.410 e. The number of rotatable bonds is 4. The first-order valence-corrected chi connectivity index (χ1v) is 10.5. The molecular formula is C21H21N5O3S. The molecule has 1 fully saturated rings. The monoisotopic (exact) mass is 423 g/mol. The van der Waals surface area contributed by atoms with Gasteiger partial charge in [0.05, 0.1) is 16.0 Å². The number of carbonyl (C=O) groups excluding carboxylic acids is 2. The van der Waals surface area contributed by atoms with Crippen LogP contribution in [-0.2, 0) is 11.8 Å². The van der Waals surface area contributed by atoms with E-state index >= 15 is 0 Å². The minimum absolute atomic E-state index is 0.0186. The average molecular weight is 423 g/mol. The molecule has 0 bridgehead atoms. The molecule has 1 aliphatic rings. The van der Waals surface area contributed by atoms with Crippen molar-refractivity contribution < 1.29 is 14.3 Å².